The third kappa shape index (κ3) is 3.36. The number of carbonyl (C=O) groups excluding carboxylic acids is 1. The van der Waals surface area contributed by atoms with Gasteiger partial charge in [-0.3, -0.25) is 4.79 Å². The molecular formula is C19H18BrF2NO. The molecule has 5 heteroatoms. The zero-order chi connectivity index (χ0) is 17.3. The number of amides is 1. The van der Waals surface area contributed by atoms with Crippen molar-refractivity contribution < 1.29 is 13.6 Å². The second kappa shape index (κ2) is 7.01. The van der Waals surface area contributed by atoms with Gasteiger partial charge in [0.25, 0.3) is 0 Å². The highest BCUT2D eigenvalue weighted by atomic mass is 79.9. The Labute approximate surface area is 148 Å². The average Bonchev–Trinajstić information content (AvgIpc) is 2.74. The summed E-state index contributed by atoms with van der Waals surface area (Å²) in [4.78, 5) is 13.8. The van der Waals surface area contributed by atoms with E-state index in [-0.39, 0.29) is 28.3 Å². The summed E-state index contributed by atoms with van der Waals surface area (Å²) in [7, 11) is 0. The van der Waals surface area contributed by atoms with Crippen molar-refractivity contribution in [1.82, 2.24) is 0 Å². The molecule has 24 heavy (non-hydrogen) atoms. The van der Waals surface area contributed by atoms with Gasteiger partial charge in [-0.05, 0) is 55.2 Å². The molecule has 2 aromatic carbocycles. The second-order valence-corrected chi connectivity index (χ2v) is 7.43. The van der Waals surface area contributed by atoms with E-state index in [9.17, 15) is 13.6 Å². The van der Waals surface area contributed by atoms with Gasteiger partial charge >= 0.3 is 0 Å². The van der Waals surface area contributed by atoms with Gasteiger partial charge in [0.15, 0.2) is 0 Å². The van der Waals surface area contributed by atoms with E-state index >= 15 is 0 Å². The topological polar surface area (TPSA) is 20.3 Å². The third-order valence-electron chi connectivity index (χ3n) is 4.41. The zero-order valence-corrected chi connectivity index (χ0v) is 14.9. The minimum absolute atomic E-state index is 0.0182. The number of alkyl halides is 1. The van der Waals surface area contributed by atoms with Crippen LogP contribution in [0.1, 0.15) is 36.8 Å². The maximum Gasteiger partial charge on any atom is 0.240 e. The predicted octanol–water partition coefficient (Wildman–Crippen LogP) is 5.01. The van der Waals surface area contributed by atoms with Crippen LogP contribution >= 0.6 is 15.9 Å². The molecule has 0 bridgehead atoms. The van der Waals surface area contributed by atoms with Crippen molar-refractivity contribution in [2.75, 3.05) is 11.4 Å². The lowest BCUT2D eigenvalue weighted by atomic mass is 9.87. The maximum atomic E-state index is 13.8. The molecule has 0 aliphatic carbocycles. The average molecular weight is 394 g/mol. The van der Waals surface area contributed by atoms with Crippen LogP contribution in [-0.2, 0) is 4.79 Å². The van der Waals surface area contributed by atoms with Crippen LogP contribution in [-0.4, -0.2) is 17.3 Å². The maximum absolute atomic E-state index is 13.8. The van der Waals surface area contributed by atoms with Crippen LogP contribution in [0.3, 0.4) is 0 Å². The molecular weight excluding hydrogens is 376 g/mol. The largest absolute Gasteiger partial charge is 0.311 e. The van der Waals surface area contributed by atoms with E-state index in [0.29, 0.717) is 12.2 Å². The molecule has 2 atom stereocenters. The monoisotopic (exact) mass is 393 g/mol. The molecule has 0 saturated carbocycles. The Balaban J connectivity index is 2.09. The number of carbonyl (C=O) groups is 1. The Hall–Kier alpha value is -1.75. The first-order valence-electron chi connectivity index (χ1n) is 7.97. The van der Waals surface area contributed by atoms with Crippen molar-refractivity contribution in [3.05, 3.63) is 65.2 Å². The summed E-state index contributed by atoms with van der Waals surface area (Å²) in [5.41, 5.74) is 2.49. The first-order valence-corrected chi connectivity index (χ1v) is 8.89. The van der Waals surface area contributed by atoms with E-state index in [1.54, 1.807) is 30.0 Å². The molecule has 1 aliphatic heterocycles. The van der Waals surface area contributed by atoms with Gasteiger partial charge in [-0.2, -0.15) is 0 Å². The van der Waals surface area contributed by atoms with Crippen molar-refractivity contribution in [2.45, 2.75) is 30.5 Å². The smallest absolute Gasteiger partial charge is 0.240 e. The van der Waals surface area contributed by atoms with Crippen LogP contribution < -0.4 is 4.90 Å². The molecule has 0 aromatic heterocycles. The molecule has 2 unspecified atom stereocenters. The van der Waals surface area contributed by atoms with Gasteiger partial charge in [-0.25, -0.2) is 8.78 Å². The van der Waals surface area contributed by atoms with Crippen LogP contribution in [0, 0.1) is 11.6 Å². The minimum Gasteiger partial charge on any atom is -0.311 e. The first kappa shape index (κ1) is 17.1. The molecule has 0 spiro atoms. The van der Waals surface area contributed by atoms with E-state index in [2.05, 4.69) is 15.9 Å². The molecule has 1 heterocycles. The summed E-state index contributed by atoms with van der Waals surface area (Å²) in [5.74, 6) is -0.712. The fraction of sp³-hybridized carbons (Fsp3) is 0.316. The number of hydrogen-bond acceptors (Lipinski definition) is 1. The number of anilines is 1. The molecule has 0 saturated heterocycles. The molecule has 1 aliphatic rings. The van der Waals surface area contributed by atoms with Gasteiger partial charge in [0, 0.05) is 12.5 Å². The van der Waals surface area contributed by atoms with Crippen LogP contribution in [0.25, 0.3) is 0 Å². The summed E-state index contributed by atoms with van der Waals surface area (Å²) in [5, 5.41) is 0. The van der Waals surface area contributed by atoms with Gasteiger partial charge in [0.1, 0.15) is 11.6 Å². The lowest BCUT2D eigenvalue weighted by molar-refractivity contribution is -0.117. The van der Waals surface area contributed by atoms with Gasteiger partial charge in [-0.15, -0.1) is 0 Å². The molecule has 2 aromatic rings. The number of nitrogens with zero attached hydrogens (tertiary/aromatic N) is 1. The number of hydrogen-bond donors (Lipinski definition) is 0. The van der Waals surface area contributed by atoms with Crippen molar-refractivity contribution in [1.29, 1.82) is 0 Å². The number of halogens is 3. The van der Waals surface area contributed by atoms with Crippen molar-refractivity contribution in [3.8, 4) is 0 Å². The van der Waals surface area contributed by atoms with Crippen molar-refractivity contribution in [2.24, 2.45) is 0 Å². The zero-order valence-electron chi connectivity index (χ0n) is 13.3. The number of fused-ring (bicyclic) bond motifs is 1. The first-order chi connectivity index (χ1) is 11.5. The standard InChI is InChI=1S/C19H18BrF2NO/c1-12(20)19(24)23-10-2-3-16(13-4-6-14(21)7-5-13)17-9-8-15(22)11-18(17)23/h4-9,11-12,16H,2-3,10H2,1H3. The van der Waals surface area contributed by atoms with Crippen molar-refractivity contribution >= 4 is 27.5 Å². The Bertz CT molecular complexity index is 746. The molecule has 3 rings (SSSR count). The van der Waals surface area contributed by atoms with Gasteiger partial charge in [0.2, 0.25) is 5.91 Å². The lowest BCUT2D eigenvalue weighted by Gasteiger charge is -2.25. The molecule has 2 nitrogen and oxygen atoms in total. The Morgan fingerprint density at radius 2 is 1.83 bits per heavy atom. The molecule has 0 radical (unpaired) electrons. The number of benzene rings is 2. The summed E-state index contributed by atoms with van der Waals surface area (Å²) in [6.07, 6.45) is 1.62. The van der Waals surface area contributed by atoms with E-state index in [0.717, 1.165) is 24.0 Å². The fourth-order valence-corrected chi connectivity index (χ4v) is 3.51. The van der Waals surface area contributed by atoms with Gasteiger partial charge < -0.3 is 4.90 Å². The Kier molecular flexibility index (Phi) is 4.99. The van der Waals surface area contributed by atoms with E-state index in [1.165, 1.54) is 24.3 Å². The van der Waals surface area contributed by atoms with Crippen LogP contribution in [0.5, 0.6) is 0 Å². The Morgan fingerprint density at radius 3 is 2.50 bits per heavy atom. The molecule has 126 valence electrons. The Morgan fingerprint density at radius 1 is 1.17 bits per heavy atom. The van der Waals surface area contributed by atoms with Crippen LogP contribution in [0.4, 0.5) is 14.5 Å². The van der Waals surface area contributed by atoms with E-state index in [4.69, 9.17) is 0 Å². The highest BCUT2D eigenvalue weighted by Gasteiger charge is 2.29. The van der Waals surface area contributed by atoms with Gasteiger partial charge in [-0.1, -0.05) is 34.1 Å². The SMILES string of the molecule is CC(Br)C(=O)N1CCCC(c2ccc(F)cc2)c2ccc(F)cc21. The fourth-order valence-electron chi connectivity index (χ4n) is 3.26. The van der Waals surface area contributed by atoms with E-state index in [1.807, 2.05) is 0 Å². The quantitative estimate of drug-likeness (QED) is 0.656. The summed E-state index contributed by atoms with van der Waals surface area (Å²) in [6, 6.07) is 11.0. The normalized spacial score (nSPS) is 18.7. The van der Waals surface area contributed by atoms with Gasteiger partial charge in [0.05, 0.1) is 10.5 Å². The van der Waals surface area contributed by atoms with E-state index < -0.39 is 0 Å². The summed E-state index contributed by atoms with van der Waals surface area (Å²) in [6.45, 7) is 2.31. The summed E-state index contributed by atoms with van der Waals surface area (Å²) >= 11 is 3.31. The third-order valence-corrected chi connectivity index (χ3v) is 4.80. The highest BCUT2D eigenvalue weighted by molar-refractivity contribution is 9.10. The molecule has 1 amide bonds. The number of rotatable bonds is 2. The van der Waals surface area contributed by atoms with Crippen LogP contribution in [0.2, 0.25) is 0 Å². The molecule has 0 N–H and O–H groups in total. The van der Waals surface area contributed by atoms with Crippen LogP contribution in [0.15, 0.2) is 42.5 Å². The predicted molar refractivity (Wildman–Crippen MR) is 94.6 cm³/mol. The van der Waals surface area contributed by atoms with Crippen molar-refractivity contribution in [3.63, 3.8) is 0 Å². The summed E-state index contributed by atoms with van der Waals surface area (Å²) < 4.78 is 27.1. The highest BCUT2D eigenvalue weighted by Crippen LogP contribution is 2.39. The lowest BCUT2D eigenvalue weighted by Crippen LogP contribution is -2.36. The second-order valence-electron chi connectivity index (χ2n) is 6.06. The molecule has 0 fully saturated rings. The minimum atomic E-state index is -0.367.